The molecule has 0 saturated heterocycles. The van der Waals surface area contributed by atoms with E-state index in [1.54, 1.807) is 12.1 Å². The lowest BCUT2D eigenvalue weighted by Crippen LogP contribution is -2.15. The lowest BCUT2D eigenvalue weighted by Gasteiger charge is -2.02. The highest BCUT2D eigenvalue weighted by atomic mass is 16.4. The number of fused-ring (bicyclic) bond motifs is 1. The van der Waals surface area contributed by atoms with Gasteiger partial charge in [-0.3, -0.25) is 4.79 Å². The molecule has 0 radical (unpaired) electrons. The van der Waals surface area contributed by atoms with Gasteiger partial charge in [0.05, 0.1) is 5.39 Å². The number of aromatic carboxylic acids is 1. The van der Waals surface area contributed by atoms with Crippen LogP contribution in [0, 0.1) is 0 Å². The second-order valence-electron chi connectivity index (χ2n) is 3.79. The van der Waals surface area contributed by atoms with E-state index in [1.165, 1.54) is 6.20 Å². The lowest BCUT2D eigenvalue weighted by atomic mass is 10.1. The third kappa shape index (κ3) is 2.04. The van der Waals surface area contributed by atoms with E-state index in [0.717, 1.165) is 18.5 Å². The Morgan fingerprint density at radius 3 is 2.88 bits per heavy atom. The minimum absolute atomic E-state index is 0.262. The van der Waals surface area contributed by atoms with Crippen LogP contribution in [0.15, 0.2) is 23.1 Å². The van der Waals surface area contributed by atoms with Crippen molar-refractivity contribution in [1.29, 1.82) is 0 Å². The summed E-state index contributed by atoms with van der Waals surface area (Å²) in [5, 5.41) is 9.13. The molecule has 2 rings (SSSR count). The molecular formula is C12H12N2O3. The molecule has 2 aromatic rings. The monoisotopic (exact) mass is 232 g/mol. The number of aryl methyl sites for hydroxylation is 1. The predicted molar refractivity (Wildman–Crippen MR) is 63.3 cm³/mol. The molecule has 0 aliphatic carbocycles. The first-order valence-corrected chi connectivity index (χ1v) is 5.38. The number of H-pyrrole nitrogens is 1. The van der Waals surface area contributed by atoms with Gasteiger partial charge in [0.1, 0.15) is 11.2 Å². The number of carboxylic acids is 1. The van der Waals surface area contributed by atoms with Crippen molar-refractivity contribution in [2.45, 2.75) is 19.8 Å². The smallest absolute Gasteiger partial charge is 0.341 e. The van der Waals surface area contributed by atoms with E-state index in [1.807, 2.05) is 6.92 Å². The van der Waals surface area contributed by atoms with Crippen LogP contribution in [-0.2, 0) is 6.42 Å². The summed E-state index contributed by atoms with van der Waals surface area (Å²) in [7, 11) is 0. The van der Waals surface area contributed by atoms with Crippen LogP contribution >= 0.6 is 0 Å². The molecule has 0 unspecified atom stereocenters. The fourth-order valence-corrected chi connectivity index (χ4v) is 1.70. The third-order valence-corrected chi connectivity index (χ3v) is 2.53. The zero-order valence-corrected chi connectivity index (χ0v) is 9.36. The molecule has 0 saturated carbocycles. The predicted octanol–water partition coefficient (Wildman–Crippen LogP) is 1.57. The van der Waals surface area contributed by atoms with E-state index in [2.05, 4.69) is 9.97 Å². The van der Waals surface area contributed by atoms with Crippen molar-refractivity contribution in [3.05, 3.63) is 39.8 Å². The molecule has 0 spiro atoms. The number of rotatable bonds is 3. The second kappa shape index (κ2) is 4.37. The summed E-state index contributed by atoms with van der Waals surface area (Å²) >= 11 is 0. The van der Waals surface area contributed by atoms with E-state index < -0.39 is 11.4 Å². The number of hydrogen-bond acceptors (Lipinski definition) is 3. The molecule has 0 fully saturated rings. The van der Waals surface area contributed by atoms with Crippen molar-refractivity contribution in [2.24, 2.45) is 0 Å². The third-order valence-electron chi connectivity index (χ3n) is 2.53. The summed E-state index contributed by atoms with van der Waals surface area (Å²) in [6, 6.07) is 3.38. The largest absolute Gasteiger partial charge is 0.477 e. The van der Waals surface area contributed by atoms with Gasteiger partial charge in [0.15, 0.2) is 0 Å². The van der Waals surface area contributed by atoms with Crippen LogP contribution in [0.4, 0.5) is 0 Å². The second-order valence-corrected chi connectivity index (χ2v) is 3.79. The molecule has 5 nitrogen and oxygen atoms in total. The standard InChI is InChI=1S/C12H12N2O3/c1-2-3-7-4-5-8-10(15)9(12(16)17)6-13-11(8)14-7/h4-6H,2-3H2,1H3,(H,16,17)(H,13,14,15). The normalized spacial score (nSPS) is 10.6. The van der Waals surface area contributed by atoms with Crippen LogP contribution in [0.3, 0.4) is 0 Å². The van der Waals surface area contributed by atoms with Crippen LogP contribution in [-0.4, -0.2) is 21.0 Å². The number of aromatic amines is 1. The van der Waals surface area contributed by atoms with E-state index in [9.17, 15) is 9.59 Å². The molecular weight excluding hydrogens is 220 g/mol. The van der Waals surface area contributed by atoms with Gasteiger partial charge in [-0.1, -0.05) is 13.3 Å². The first-order valence-electron chi connectivity index (χ1n) is 5.38. The first kappa shape index (κ1) is 11.3. The molecule has 0 aromatic carbocycles. The molecule has 88 valence electrons. The molecule has 0 aliphatic heterocycles. The summed E-state index contributed by atoms with van der Waals surface area (Å²) in [5.74, 6) is -1.23. The molecule has 5 heteroatoms. The van der Waals surface area contributed by atoms with Gasteiger partial charge >= 0.3 is 5.97 Å². The molecule has 0 amide bonds. The first-order chi connectivity index (χ1) is 8.13. The van der Waals surface area contributed by atoms with Gasteiger partial charge in [-0.2, -0.15) is 0 Å². The lowest BCUT2D eigenvalue weighted by molar-refractivity contribution is 0.0695. The average Bonchev–Trinajstić information content (AvgIpc) is 2.29. The number of aromatic nitrogens is 2. The number of nitrogens with one attached hydrogen (secondary N) is 1. The maximum Gasteiger partial charge on any atom is 0.341 e. The highest BCUT2D eigenvalue weighted by Crippen LogP contribution is 2.08. The number of carbonyl (C=O) groups is 1. The quantitative estimate of drug-likeness (QED) is 0.841. The molecule has 2 aromatic heterocycles. The number of pyridine rings is 2. The molecule has 2 heterocycles. The number of hydrogen-bond donors (Lipinski definition) is 2. The van der Waals surface area contributed by atoms with E-state index in [-0.39, 0.29) is 5.56 Å². The van der Waals surface area contributed by atoms with Gasteiger partial charge in [-0.15, -0.1) is 0 Å². The Bertz CT molecular complexity index is 631. The number of nitrogens with zero attached hydrogens (tertiary/aromatic N) is 1. The van der Waals surface area contributed by atoms with E-state index >= 15 is 0 Å². The summed E-state index contributed by atoms with van der Waals surface area (Å²) in [5.41, 5.74) is 0.564. The van der Waals surface area contributed by atoms with Crippen LogP contribution in [0.5, 0.6) is 0 Å². The summed E-state index contributed by atoms with van der Waals surface area (Å²) < 4.78 is 0. The number of carboxylic acid groups (broad SMARTS) is 1. The van der Waals surface area contributed by atoms with Crippen molar-refractivity contribution in [1.82, 2.24) is 9.97 Å². The Hall–Kier alpha value is -2.17. The van der Waals surface area contributed by atoms with Gasteiger partial charge in [-0.25, -0.2) is 9.78 Å². The van der Waals surface area contributed by atoms with E-state index in [0.29, 0.717) is 11.0 Å². The molecule has 0 bridgehead atoms. The van der Waals surface area contributed by atoms with Gasteiger partial charge in [-0.05, 0) is 18.6 Å². The van der Waals surface area contributed by atoms with Crippen molar-refractivity contribution in [2.75, 3.05) is 0 Å². The Morgan fingerprint density at radius 2 is 2.24 bits per heavy atom. The Balaban J connectivity index is 2.64. The zero-order chi connectivity index (χ0) is 12.4. The fourth-order valence-electron chi connectivity index (χ4n) is 1.70. The minimum Gasteiger partial charge on any atom is -0.477 e. The zero-order valence-electron chi connectivity index (χ0n) is 9.36. The molecule has 2 N–H and O–H groups in total. The van der Waals surface area contributed by atoms with Crippen LogP contribution in [0.1, 0.15) is 29.4 Å². The SMILES string of the molecule is CCCc1ccc2c(=O)c(C(=O)O)c[nH]c2n1. The van der Waals surface area contributed by atoms with Crippen molar-refractivity contribution in [3.63, 3.8) is 0 Å². The Kier molecular flexibility index (Phi) is 2.91. The molecule has 17 heavy (non-hydrogen) atoms. The van der Waals surface area contributed by atoms with Gasteiger partial charge in [0, 0.05) is 11.9 Å². The maximum atomic E-state index is 11.8. The topological polar surface area (TPSA) is 83.0 Å². The maximum absolute atomic E-state index is 11.8. The van der Waals surface area contributed by atoms with Crippen LogP contribution < -0.4 is 5.43 Å². The minimum atomic E-state index is -1.23. The van der Waals surface area contributed by atoms with Gasteiger partial charge in [0.25, 0.3) is 0 Å². The summed E-state index contributed by atoms with van der Waals surface area (Å²) in [6.45, 7) is 2.04. The average molecular weight is 232 g/mol. The highest BCUT2D eigenvalue weighted by Gasteiger charge is 2.11. The fraction of sp³-hybridized carbons (Fsp3) is 0.250. The molecule has 0 atom stereocenters. The summed E-state index contributed by atoms with van der Waals surface area (Å²) in [4.78, 5) is 29.6. The van der Waals surface area contributed by atoms with Crippen molar-refractivity contribution < 1.29 is 9.90 Å². The van der Waals surface area contributed by atoms with Crippen molar-refractivity contribution >= 4 is 17.0 Å². The highest BCUT2D eigenvalue weighted by molar-refractivity contribution is 5.91. The molecule has 0 aliphatic rings. The Morgan fingerprint density at radius 1 is 1.47 bits per heavy atom. The van der Waals surface area contributed by atoms with Crippen LogP contribution in [0.2, 0.25) is 0 Å². The van der Waals surface area contributed by atoms with E-state index in [4.69, 9.17) is 5.11 Å². The van der Waals surface area contributed by atoms with Gasteiger partial charge < -0.3 is 10.1 Å². The van der Waals surface area contributed by atoms with Gasteiger partial charge in [0.2, 0.25) is 5.43 Å². The Labute approximate surface area is 97.1 Å². The summed E-state index contributed by atoms with van der Waals surface area (Å²) in [6.07, 6.45) is 2.99. The van der Waals surface area contributed by atoms with Crippen LogP contribution in [0.25, 0.3) is 11.0 Å². The van der Waals surface area contributed by atoms with Crippen molar-refractivity contribution in [3.8, 4) is 0 Å².